The number of benzene rings is 1. The number of amides is 1. The molecule has 0 spiro atoms. The van der Waals surface area contributed by atoms with Crippen molar-refractivity contribution >= 4 is 27.1 Å². The van der Waals surface area contributed by atoms with Crippen LogP contribution in [-0.2, 0) is 16.0 Å². The van der Waals surface area contributed by atoms with Gasteiger partial charge in [0.25, 0.3) is 5.91 Å². The van der Waals surface area contributed by atoms with Gasteiger partial charge in [-0.15, -0.1) is 16.4 Å². The number of nitrogens with zero attached hydrogens (tertiary/aromatic N) is 4. The fourth-order valence-corrected chi connectivity index (χ4v) is 6.46. The SMILES string of the molecule is O=C(c1nc(-c2cccs2)n(-c2cccc(C(F)(F)F)c2)n1)N(C1CC1)C1CCS(=O)(=O)C1. The highest BCUT2D eigenvalue weighted by atomic mass is 32.2. The Hall–Kier alpha value is -2.73. The molecule has 2 aliphatic rings. The van der Waals surface area contributed by atoms with Crippen LogP contribution in [0.3, 0.4) is 0 Å². The van der Waals surface area contributed by atoms with Gasteiger partial charge in [0.1, 0.15) is 0 Å². The second-order valence-electron chi connectivity index (χ2n) is 8.20. The Morgan fingerprint density at radius 2 is 1.91 bits per heavy atom. The van der Waals surface area contributed by atoms with Gasteiger partial charge in [-0.05, 0) is 48.9 Å². The van der Waals surface area contributed by atoms with E-state index in [4.69, 9.17) is 0 Å². The Morgan fingerprint density at radius 1 is 1.12 bits per heavy atom. The van der Waals surface area contributed by atoms with Crippen LogP contribution in [0.5, 0.6) is 0 Å². The van der Waals surface area contributed by atoms with Crippen LogP contribution in [0, 0.1) is 0 Å². The zero-order valence-electron chi connectivity index (χ0n) is 17.2. The molecule has 0 bridgehead atoms. The summed E-state index contributed by atoms with van der Waals surface area (Å²) in [5, 5.41) is 6.10. The summed E-state index contributed by atoms with van der Waals surface area (Å²) in [6.45, 7) is 0. The van der Waals surface area contributed by atoms with Crippen LogP contribution in [0.2, 0.25) is 0 Å². The average molecular weight is 497 g/mol. The van der Waals surface area contributed by atoms with E-state index in [0.717, 1.165) is 25.0 Å². The molecule has 1 saturated heterocycles. The molecule has 12 heteroatoms. The lowest BCUT2D eigenvalue weighted by Gasteiger charge is -2.27. The number of alkyl halides is 3. The predicted octanol–water partition coefficient (Wildman–Crippen LogP) is 3.81. The Morgan fingerprint density at radius 3 is 2.52 bits per heavy atom. The van der Waals surface area contributed by atoms with Gasteiger partial charge in [0, 0.05) is 12.1 Å². The molecule has 1 saturated carbocycles. The Balaban J connectivity index is 1.56. The lowest BCUT2D eigenvalue weighted by molar-refractivity contribution is -0.137. The molecule has 7 nitrogen and oxygen atoms in total. The second-order valence-corrected chi connectivity index (χ2v) is 11.4. The second kappa shape index (κ2) is 7.94. The molecule has 1 aliphatic heterocycles. The number of aromatic nitrogens is 3. The van der Waals surface area contributed by atoms with E-state index >= 15 is 0 Å². The Labute approximate surface area is 191 Å². The molecule has 2 fully saturated rings. The first-order valence-corrected chi connectivity index (χ1v) is 13.0. The third-order valence-corrected chi connectivity index (χ3v) is 8.35. The van der Waals surface area contributed by atoms with E-state index in [2.05, 4.69) is 10.1 Å². The van der Waals surface area contributed by atoms with Gasteiger partial charge in [0.2, 0.25) is 5.82 Å². The monoisotopic (exact) mass is 496 g/mol. The number of thiophene rings is 1. The maximum atomic E-state index is 13.4. The average Bonchev–Trinajstić information content (AvgIpc) is 3.16. The summed E-state index contributed by atoms with van der Waals surface area (Å²) in [7, 11) is -3.21. The van der Waals surface area contributed by atoms with Gasteiger partial charge in [-0.1, -0.05) is 12.1 Å². The van der Waals surface area contributed by atoms with Crippen molar-refractivity contribution in [1.29, 1.82) is 0 Å². The zero-order valence-corrected chi connectivity index (χ0v) is 18.8. The van der Waals surface area contributed by atoms with E-state index in [9.17, 15) is 26.4 Å². The summed E-state index contributed by atoms with van der Waals surface area (Å²) in [4.78, 5) is 20.0. The summed E-state index contributed by atoms with van der Waals surface area (Å²) >= 11 is 1.32. The lowest BCUT2D eigenvalue weighted by atomic mass is 10.2. The zero-order chi connectivity index (χ0) is 23.4. The van der Waals surface area contributed by atoms with Gasteiger partial charge in [-0.3, -0.25) is 4.79 Å². The number of carbonyl (C=O) groups is 1. The van der Waals surface area contributed by atoms with Crippen molar-refractivity contribution in [3.8, 4) is 16.4 Å². The summed E-state index contributed by atoms with van der Waals surface area (Å²) in [6, 6.07) is 7.68. The van der Waals surface area contributed by atoms with E-state index in [0.29, 0.717) is 11.3 Å². The Kier molecular flexibility index (Phi) is 5.31. The van der Waals surface area contributed by atoms with Crippen molar-refractivity contribution in [3.05, 3.63) is 53.2 Å². The van der Waals surface area contributed by atoms with Crippen molar-refractivity contribution in [2.75, 3.05) is 11.5 Å². The van der Waals surface area contributed by atoms with Crippen molar-refractivity contribution in [3.63, 3.8) is 0 Å². The summed E-state index contributed by atoms with van der Waals surface area (Å²) < 4.78 is 65.1. The molecule has 0 radical (unpaired) electrons. The highest BCUT2D eigenvalue weighted by molar-refractivity contribution is 7.91. The van der Waals surface area contributed by atoms with Crippen molar-refractivity contribution in [2.24, 2.45) is 0 Å². The highest BCUT2D eigenvalue weighted by Crippen LogP contribution is 2.35. The van der Waals surface area contributed by atoms with Gasteiger partial charge >= 0.3 is 6.18 Å². The van der Waals surface area contributed by atoms with Crippen LogP contribution in [0.25, 0.3) is 16.4 Å². The maximum absolute atomic E-state index is 13.4. The quantitative estimate of drug-likeness (QED) is 0.536. The van der Waals surface area contributed by atoms with Crippen LogP contribution in [-0.4, -0.2) is 57.6 Å². The van der Waals surface area contributed by atoms with Crippen LogP contribution in [0.15, 0.2) is 41.8 Å². The van der Waals surface area contributed by atoms with Crippen molar-refractivity contribution in [1.82, 2.24) is 19.7 Å². The maximum Gasteiger partial charge on any atom is 0.416 e. The number of carbonyl (C=O) groups excluding carboxylic acids is 1. The molecule has 33 heavy (non-hydrogen) atoms. The summed E-state index contributed by atoms with van der Waals surface area (Å²) in [6.07, 6.45) is -2.63. The highest BCUT2D eigenvalue weighted by Gasteiger charge is 2.43. The standard InChI is InChI=1S/C21H19F3N4O3S2/c22-21(23,24)13-3-1-4-15(11-13)28-19(17-5-2-9-32-17)25-18(26-28)20(29)27(14-6-7-14)16-8-10-33(30,31)12-16/h1-5,9,11,14,16H,6-8,10,12H2. The Bertz CT molecular complexity index is 1300. The number of hydrogen-bond donors (Lipinski definition) is 0. The van der Waals surface area contributed by atoms with Gasteiger partial charge in [-0.2, -0.15) is 13.2 Å². The van der Waals surface area contributed by atoms with Gasteiger partial charge in [0.15, 0.2) is 15.7 Å². The molecule has 0 N–H and O–H groups in total. The van der Waals surface area contributed by atoms with Crippen LogP contribution in [0.1, 0.15) is 35.4 Å². The summed E-state index contributed by atoms with van der Waals surface area (Å²) in [5.74, 6) is -0.472. The number of sulfone groups is 1. The normalized spacial score (nSPS) is 20.2. The third kappa shape index (κ3) is 4.41. The first-order valence-electron chi connectivity index (χ1n) is 10.3. The fourth-order valence-electron chi connectivity index (χ4n) is 4.05. The third-order valence-electron chi connectivity index (χ3n) is 5.73. The molecule has 5 rings (SSSR count). The minimum atomic E-state index is -4.53. The van der Waals surface area contributed by atoms with Crippen LogP contribution >= 0.6 is 11.3 Å². The lowest BCUT2D eigenvalue weighted by Crippen LogP contribution is -2.43. The van der Waals surface area contributed by atoms with Gasteiger partial charge < -0.3 is 4.90 Å². The number of hydrogen-bond acceptors (Lipinski definition) is 6. The van der Waals surface area contributed by atoms with Crippen LogP contribution in [0.4, 0.5) is 13.2 Å². The molecule has 1 atom stereocenters. The van der Waals surface area contributed by atoms with E-state index < -0.39 is 33.5 Å². The molecule has 174 valence electrons. The van der Waals surface area contributed by atoms with Crippen LogP contribution < -0.4 is 0 Å². The molecule has 2 aromatic heterocycles. The molecular formula is C21H19F3N4O3S2. The van der Waals surface area contributed by atoms with Gasteiger partial charge in [0.05, 0.1) is 27.6 Å². The van der Waals surface area contributed by atoms with E-state index in [1.807, 2.05) is 0 Å². The molecule has 3 heterocycles. The molecular weight excluding hydrogens is 477 g/mol. The fraction of sp³-hybridized carbons (Fsp3) is 0.381. The van der Waals surface area contributed by atoms with Gasteiger partial charge in [-0.25, -0.2) is 18.1 Å². The number of rotatable bonds is 5. The predicted molar refractivity (Wildman–Crippen MR) is 116 cm³/mol. The van der Waals surface area contributed by atoms with E-state index in [1.54, 1.807) is 22.4 Å². The topological polar surface area (TPSA) is 85.2 Å². The minimum Gasteiger partial charge on any atom is -0.329 e. The smallest absolute Gasteiger partial charge is 0.329 e. The molecule has 1 amide bonds. The molecule has 3 aromatic rings. The number of halogens is 3. The first-order chi connectivity index (χ1) is 15.6. The van der Waals surface area contributed by atoms with E-state index in [-0.39, 0.29) is 34.9 Å². The van der Waals surface area contributed by atoms with Crippen molar-refractivity contribution in [2.45, 2.75) is 37.5 Å². The molecule has 1 unspecified atom stereocenters. The largest absolute Gasteiger partial charge is 0.416 e. The minimum absolute atomic E-state index is 0.0285. The molecule has 1 aliphatic carbocycles. The molecule has 1 aromatic carbocycles. The van der Waals surface area contributed by atoms with E-state index in [1.165, 1.54) is 28.2 Å². The van der Waals surface area contributed by atoms with Crippen molar-refractivity contribution < 1.29 is 26.4 Å². The summed E-state index contributed by atoms with van der Waals surface area (Å²) in [5.41, 5.74) is -0.711. The first kappa shape index (κ1) is 22.1.